The molecule has 3 aromatic carbocycles. The number of urea groups is 2. The first-order valence-electron chi connectivity index (χ1n) is 15.5. The zero-order valence-corrected chi connectivity index (χ0v) is 27.3. The van der Waals surface area contributed by atoms with Crippen LogP contribution in [0.15, 0.2) is 78.9 Å². The summed E-state index contributed by atoms with van der Waals surface area (Å²) in [5, 5.41) is 8.59. The fraction of sp³-hybridized carbons (Fsp3) is 0.361. The molecular formula is C36H43N5O5. The zero-order chi connectivity index (χ0) is 33.6. The molecule has 0 bridgehead atoms. The van der Waals surface area contributed by atoms with E-state index in [-0.39, 0.29) is 37.1 Å². The number of rotatable bonds is 12. The van der Waals surface area contributed by atoms with E-state index in [1.54, 1.807) is 38.1 Å². The maximum Gasteiger partial charge on any atom is 0.328 e. The summed E-state index contributed by atoms with van der Waals surface area (Å²) in [4.78, 5) is 68.7. The van der Waals surface area contributed by atoms with E-state index in [1.807, 2.05) is 75.4 Å². The Bertz CT molecular complexity index is 1590. The van der Waals surface area contributed by atoms with Gasteiger partial charge in [-0.2, -0.15) is 0 Å². The smallest absolute Gasteiger partial charge is 0.328 e. The fourth-order valence-corrected chi connectivity index (χ4v) is 5.55. The highest BCUT2D eigenvalue weighted by Crippen LogP contribution is 2.33. The van der Waals surface area contributed by atoms with Gasteiger partial charge in [-0.25, -0.2) is 14.5 Å². The number of carbonyl (C=O) groups excluding carboxylic acids is 5. The minimum absolute atomic E-state index is 0.000421. The van der Waals surface area contributed by atoms with Crippen molar-refractivity contribution in [1.29, 1.82) is 0 Å². The number of Topliss-reactive ketones (excluding diaryl/α,β-unsaturated/α-hetero) is 1. The number of anilines is 2. The van der Waals surface area contributed by atoms with Crippen molar-refractivity contribution in [3.63, 3.8) is 0 Å². The van der Waals surface area contributed by atoms with Gasteiger partial charge in [0.2, 0.25) is 5.91 Å². The highest BCUT2D eigenvalue weighted by atomic mass is 16.2. The van der Waals surface area contributed by atoms with Crippen molar-refractivity contribution in [3.05, 3.63) is 95.6 Å². The third-order valence-corrected chi connectivity index (χ3v) is 8.12. The number of carbonyl (C=O) groups is 5. The number of amides is 6. The average molecular weight is 626 g/mol. The molecule has 1 fully saturated rings. The van der Waals surface area contributed by atoms with Crippen LogP contribution in [0.4, 0.5) is 21.0 Å². The molecule has 0 spiro atoms. The van der Waals surface area contributed by atoms with Crippen LogP contribution in [0.25, 0.3) is 0 Å². The molecular weight excluding hydrogens is 582 g/mol. The number of hydrogen-bond acceptors (Lipinski definition) is 5. The van der Waals surface area contributed by atoms with Crippen LogP contribution in [0.3, 0.4) is 0 Å². The van der Waals surface area contributed by atoms with Crippen LogP contribution in [0.5, 0.6) is 0 Å². The lowest BCUT2D eigenvalue weighted by Gasteiger charge is -2.29. The lowest BCUT2D eigenvalue weighted by Crippen LogP contribution is -2.52. The molecule has 4 rings (SSSR count). The predicted octanol–water partition coefficient (Wildman–Crippen LogP) is 6.43. The lowest BCUT2D eigenvalue weighted by molar-refractivity contribution is -0.139. The van der Waals surface area contributed by atoms with Gasteiger partial charge in [-0.3, -0.25) is 14.4 Å². The van der Waals surface area contributed by atoms with Gasteiger partial charge in [0.15, 0.2) is 0 Å². The number of para-hydroxylation sites is 1. The largest absolute Gasteiger partial charge is 0.347 e. The average Bonchev–Trinajstić information content (AvgIpc) is 3.16. The predicted molar refractivity (Wildman–Crippen MR) is 178 cm³/mol. The number of imide groups is 1. The first kappa shape index (κ1) is 33.9. The van der Waals surface area contributed by atoms with Crippen molar-refractivity contribution < 1.29 is 24.0 Å². The Kier molecular flexibility index (Phi) is 10.6. The van der Waals surface area contributed by atoms with E-state index in [2.05, 4.69) is 16.0 Å². The molecule has 242 valence electrons. The first-order valence-corrected chi connectivity index (χ1v) is 15.5. The lowest BCUT2D eigenvalue weighted by atomic mass is 9.97. The monoisotopic (exact) mass is 625 g/mol. The van der Waals surface area contributed by atoms with Crippen LogP contribution < -0.4 is 16.0 Å². The molecule has 46 heavy (non-hydrogen) atoms. The Hall–Kier alpha value is -4.99. The van der Waals surface area contributed by atoms with Gasteiger partial charge in [-0.05, 0) is 74.9 Å². The zero-order valence-electron chi connectivity index (χ0n) is 27.3. The number of ketones is 1. The Morgan fingerprint density at radius 1 is 0.848 bits per heavy atom. The summed E-state index contributed by atoms with van der Waals surface area (Å²) in [7, 11) is 0. The number of aryl methyl sites for hydroxylation is 1. The highest BCUT2D eigenvalue weighted by Gasteiger charge is 2.54. The SMILES string of the molecule is CC(=O)C[C@H](NC(=O)[C@H](CC(C)C)N1C(=O)N(Cc2ccc(NC(=O)Nc3ccccc3C)cc2)C(C)(C)C1=O)c1ccccc1. The van der Waals surface area contributed by atoms with Crippen LogP contribution in [0.1, 0.15) is 70.2 Å². The summed E-state index contributed by atoms with van der Waals surface area (Å²) in [6.45, 7) is 10.7. The van der Waals surface area contributed by atoms with Gasteiger partial charge in [0, 0.05) is 24.3 Å². The third-order valence-electron chi connectivity index (χ3n) is 8.12. The van der Waals surface area contributed by atoms with Crippen molar-refractivity contribution in [1.82, 2.24) is 15.1 Å². The molecule has 0 radical (unpaired) electrons. The van der Waals surface area contributed by atoms with Crippen molar-refractivity contribution in [2.45, 2.75) is 78.6 Å². The van der Waals surface area contributed by atoms with Crippen molar-refractivity contribution >= 4 is 41.0 Å². The van der Waals surface area contributed by atoms with Gasteiger partial charge in [0.25, 0.3) is 5.91 Å². The molecule has 1 aliphatic heterocycles. The molecule has 0 aliphatic carbocycles. The van der Waals surface area contributed by atoms with Crippen molar-refractivity contribution in [3.8, 4) is 0 Å². The summed E-state index contributed by atoms with van der Waals surface area (Å²) in [6.07, 6.45) is 0.349. The van der Waals surface area contributed by atoms with Crippen molar-refractivity contribution in [2.75, 3.05) is 10.6 Å². The van der Waals surface area contributed by atoms with E-state index in [9.17, 15) is 24.0 Å². The second-order valence-corrected chi connectivity index (χ2v) is 12.7. The molecule has 0 saturated carbocycles. The van der Waals surface area contributed by atoms with E-state index in [0.717, 1.165) is 21.6 Å². The van der Waals surface area contributed by atoms with Gasteiger partial charge in [0.1, 0.15) is 17.4 Å². The van der Waals surface area contributed by atoms with Crippen LogP contribution >= 0.6 is 0 Å². The number of benzene rings is 3. The Morgan fingerprint density at radius 2 is 1.48 bits per heavy atom. The number of hydrogen-bond donors (Lipinski definition) is 3. The maximum absolute atomic E-state index is 13.9. The molecule has 1 aliphatic rings. The standard InChI is InChI=1S/C36H43N5O5/c1-23(2)20-31(32(43)38-30(21-25(4)42)27-13-8-7-9-14-27)41-33(44)36(5,6)40(35(41)46)22-26-16-18-28(19-17-26)37-34(45)39-29-15-11-10-12-24(29)3/h7-19,23,30-31H,20-22H2,1-6H3,(H,38,43)(H2,37,39,45)/t30-,31-/m0/s1. The summed E-state index contributed by atoms with van der Waals surface area (Å²) in [5.41, 5.74) is 2.51. The summed E-state index contributed by atoms with van der Waals surface area (Å²) in [5.74, 6) is -1.04. The molecule has 10 heteroatoms. The van der Waals surface area contributed by atoms with Crippen molar-refractivity contribution in [2.24, 2.45) is 5.92 Å². The van der Waals surface area contributed by atoms with Gasteiger partial charge in [-0.1, -0.05) is 74.5 Å². The Labute approximate surface area is 270 Å². The second kappa shape index (κ2) is 14.4. The summed E-state index contributed by atoms with van der Waals surface area (Å²) >= 11 is 0. The van der Waals surface area contributed by atoms with Gasteiger partial charge < -0.3 is 20.9 Å². The van der Waals surface area contributed by atoms with E-state index in [0.29, 0.717) is 11.4 Å². The molecule has 3 aromatic rings. The molecule has 3 N–H and O–H groups in total. The molecule has 0 unspecified atom stereocenters. The minimum Gasteiger partial charge on any atom is -0.347 e. The summed E-state index contributed by atoms with van der Waals surface area (Å²) < 4.78 is 0. The quantitative estimate of drug-likeness (QED) is 0.200. The second-order valence-electron chi connectivity index (χ2n) is 12.7. The van der Waals surface area contributed by atoms with E-state index in [1.165, 1.54) is 11.8 Å². The topological polar surface area (TPSA) is 128 Å². The molecule has 6 amide bonds. The van der Waals surface area contributed by atoms with E-state index in [4.69, 9.17) is 0 Å². The van der Waals surface area contributed by atoms with Gasteiger partial charge >= 0.3 is 12.1 Å². The Morgan fingerprint density at radius 3 is 2.09 bits per heavy atom. The van der Waals surface area contributed by atoms with Crippen LogP contribution in [0.2, 0.25) is 0 Å². The number of nitrogens with zero attached hydrogens (tertiary/aromatic N) is 2. The highest BCUT2D eigenvalue weighted by molar-refractivity contribution is 6.09. The Balaban J connectivity index is 1.50. The molecule has 1 saturated heterocycles. The normalized spacial score (nSPS) is 15.5. The third kappa shape index (κ3) is 7.99. The summed E-state index contributed by atoms with van der Waals surface area (Å²) in [6, 6.07) is 21.1. The van der Waals surface area contributed by atoms with E-state index >= 15 is 0 Å². The molecule has 10 nitrogen and oxygen atoms in total. The fourth-order valence-electron chi connectivity index (χ4n) is 5.55. The molecule has 1 heterocycles. The molecule has 2 atom stereocenters. The number of nitrogens with one attached hydrogen (secondary N) is 3. The van der Waals surface area contributed by atoms with Gasteiger partial charge in [0.05, 0.1) is 6.04 Å². The first-order chi connectivity index (χ1) is 21.8. The van der Waals surface area contributed by atoms with Crippen LogP contribution in [-0.4, -0.2) is 51.0 Å². The van der Waals surface area contributed by atoms with E-state index < -0.39 is 35.5 Å². The van der Waals surface area contributed by atoms with Crippen LogP contribution in [-0.2, 0) is 20.9 Å². The molecule has 0 aromatic heterocycles. The van der Waals surface area contributed by atoms with Crippen LogP contribution in [0, 0.1) is 12.8 Å². The minimum atomic E-state index is -1.21. The maximum atomic E-state index is 13.9. The van der Waals surface area contributed by atoms with Gasteiger partial charge in [-0.15, -0.1) is 0 Å².